The van der Waals surface area contributed by atoms with Gasteiger partial charge < -0.3 is 20.8 Å². The van der Waals surface area contributed by atoms with Crippen LogP contribution in [-0.4, -0.2) is 15.9 Å². The first-order valence-electron chi connectivity index (χ1n) is 8.83. The molecule has 1 heterocycles. The number of hydrogen-bond acceptors (Lipinski definition) is 4. The fourth-order valence-corrected chi connectivity index (χ4v) is 3.48. The number of benzene rings is 2. The first-order chi connectivity index (χ1) is 13.8. The number of nitrogens with one attached hydrogen (secondary N) is 2. The Hall–Kier alpha value is -2.58. The van der Waals surface area contributed by atoms with Crippen molar-refractivity contribution < 1.29 is 13.9 Å². The molecule has 4 N–H and O–H groups in total. The van der Waals surface area contributed by atoms with E-state index in [0.717, 1.165) is 12.0 Å². The second-order valence-electron chi connectivity index (χ2n) is 6.38. The molecule has 3 rings (SSSR count). The number of aromatic nitrogens is 2. The average molecular weight is 482 g/mol. The summed E-state index contributed by atoms with van der Waals surface area (Å²) in [7, 11) is 0. The lowest BCUT2D eigenvalue weighted by Crippen LogP contribution is -2.24. The van der Waals surface area contributed by atoms with Crippen molar-refractivity contribution >= 4 is 39.1 Å². The first kappa shape index (κ1) is 21.1. The fraction of sp³-hybridized carbons (Fsp3) is 0.200. The Balaban J connectivity index is 1.81. The summed E-state index contributed by atoms with van der Waals surface area (Å²) >= 11 is 9.38. The average Bonchev–Trinajstić information content (AvgIpc) is 3.02. The van der Waals surface area contributed by atoms with E-state index >= 15 is 4.39 Å². The van der Waals surface area contributed by atoms with Crippen LogP contribution in [0.2, 0.25) is 5.02 Å². The quantitative estimate of drug-likeness (QED) is 0.425. The number of aromatic amines is 1. The van der Waals surface area contributed by atoms with Gasteiger partial charge in [-0.05, 0) is 53.0 Å². The van der Waals surface area contributed by atoms with E-state index in [9.17, 15) is 4.79 Å². The maximum atomic E-state index is 15.0. The second kappa shape index (κ2) is 8.84. The third kappa shape index (κ3) is 4.89. The maximum Gasteiger partial charge on any atom is 0.272 e. The third-order valence-electron chi connectivity index (χ3n) is 4.18. The first-order valence-corrected chi connectivity index (χ1v) is 10.00. The molecular weight excluding hydrogens is 463 g/mol. The van der Waals surface area contributed by atoms with E-state index in [1.807, 2.05) is 13.0 Å². The van der Waals surface area contributed by atoms with Crippen LogP contribution in [0.5, 0.6) is 11.5 Å². The minimum absolute atomic E-state index is 0.0618. The summed E-state index contributed by atoms with van der Waals surface area (Å²) in [5.41, 5.74) is 7.77. The van der Waals surface area contributed by atoms with Crippen molar-refractivity contribution in [2.24, 2.45) is 0 Å². The molecule has 6 nitrogen and oxygen atoms in total. The maximum absolute atomic E-state index is 15.0. The number of carbonyl (C=O) groups is 1. The fourth-order valence-electron chi connectivity index (χ4n) is 2.74. The number of rotatable bonds is 6. The van der Waals surface area contributed by atoms with Crippen LogP contribution >= 0.6 is 27.5 Å². The van der Waals surface area contributed by atoms with Crippen molar-refractivity contribution in [3.05, 3.63) is 68.4 Å². The number of nitrogen functional groups attached to an aromatic ring is 1. The monoisotopic (exact) mass is 480 g/mol. The van der Waals surface area contributed by atoms with Crippen molar-refractivity contribution in [2.45, 2.75) is 26.8 Å². The molecular formula is C20H19BrClFN4O2. The lowest BCUT2D eigenvalue weighted by molar-refractivity contribution is 0.0945. The second-order valence-corrected chi connectivity index (χ2v) is 7.58. The Labute approximate surface area is 180 Å². The predicted octanol–water partition coefficient (Wildman–Crippen LogP) is 5.14. The molecule has 0 aliphatic rings. The number of amides is 1. The van der Waals surface area contributed by atoms with Gasteiger partial charge >= 0.3 is 0 Å². The van der Waals surface area contributed by atoms with Crippen LogP contribution in [0.3, 0.4) is 0 Å². The molecule has 0 saturated carbocycles. The number of halogens is 3. The lowest BCUT2D eigenvalue weighted by Gasteiger charge is -2.13. The van der Waals surface area contributed by atoms with Gasteiger partial charge in [0.1, 0.15) is 16.2 Å². The van der Waals surface area contributed by atoms with Crippen LogP contribution in [0.1, 0.15) is 34.4 Å². The predicted molar refractivity (Wildman–Crippen MR) is 114 cm³/mol. The third-order valence-corrected chi connectivity index (χ3v) is 5.05. The number of carbonyl (C=O) groups excluding carboxylic acids is 1. The molecule has 2 aromatic carbocycles. The highest BCUT2D eigenvalue weighted by molar-refractivity contribution is 9.10. The van der Waals surface area contributed by atoms with Crippen molar-refractivity contribution in [3.63, 3.8) is 0 Å². The SMILES string of the molecule is CCc1cc(N)cc(Oc2c(Cl)ccc(CNC(=O)c3nc(C)[nH]c3Br)c2F)c1. The number of ether oxygens (including phenoxy) is 1. The van der Waals surface area contributed by atoms with Crippen molar-refractivity contribution in [1.29, 1.82) is 0 Å². The summed E-state index contributed by atoms with van der Waals surface area (Å²) in [6.07, 6.45) is 0.756. The molecule has 0 aliphatic carbocycles. The highest BCUT2D eigenvalue weighted by atomic mass is 79.9. The molecule has 1 amide bonds. The van der Waals surface area contributed by atoms with Gasteiger partial charge in [0.25, 0.3) is 5.91 Å². The number of H-pyrrole nitrogens is 1. The van der Waals surface area contributed by atoms with Gasteiger partial charge in [-0.3, -0.25) is 4.79 Å². The molecule has 0 radical (unpaired) electrons. The smallest absolute Gasteiger partial charge is 0.272 e. The van der Waals surface area contributed by atoms with Crippen LogP contribution in [0.4, 0.5) is 10.1 Å². The Morgan fingerprint density at radius 1 is 1.38 bits per heavy atom. The van der Waals surface area contributed by atoms with Gasteiger partial charge in [-0.1, -0.05) is 24.6 Å². The van der Waals surface area contributed by atoms with E-state index in [4.69, 9.17) is 22.1 Å². The zero-order valence-electron chi connectivity index (χ0n) is 15.8. The van der Waals surface area contributed by atoms with Crippen molar-refractivity contribution in [2.75, 3.05) is 5.73 Å². The van der Waals surface area contributed by atoms with Crippen LogP contribution in [0.15, 0.2) is 34.9 Å². The molecule has 1 aromatic heterocycles. The lowest BCUT2D eigenvalue weighted by atomic mass is 10.1. The van der Waals surface area contributed by atoms with Crippen molar-refractivity contribution in [3.8, 4) is 11.5 Å². The van der Waals surface area contributed by atoms with Gasteiger partial charge in [0.2, 0.25) is 0 Å². The number of nitrogens with two attached hydrogens (primary N) is 1. The summed E-state index contributed by atoms with van der Waals surface area (Å²) < 4.78 is 21.2. The van der Waals surface area contributed by atoms with Gasteiger partial charge in [0.15, 0.2) is 17.3 Å². The summed E-state index contributed by atoms with van der Waals surface area (Å²) in [5, 5.41) is 2.75. The standard InChI is InChI=1S/C20H19BrClFN4O2/c1-3-11-6-13(24)8-14(7-11)29-18-15(22)5-4-12(16(18)23)9-25-20(28)17-19(21)27-10(2)26-17/h4-8H,3,9,24H2,1-2H3,(H,25,28)(H,26,27). The molecule has 29 heavy (non-hydrogen) atoms. The van der Waals surface area contributed by atoms with Crippen LogP contribution in [0, 0.1) is 12.7 Å². The van der Waals surface area contributed by atoms with E-state index < -0.39 is 11.7 Å². The topological polar surface area (TPSA) is 93.0 Å². The molecule has 0 aliphatic heterocycles. The minimum Gasteiger partial charge on any atom is -0.453 e. The van der Waals surface area contributed by atoms with E-state index in [1.165, 1.54) is 12.1 Å². The van der Waals surface area contributed by atoms with Gasteiger partial charge in [-0.25, -0.2) is 9.37 Å². The van der Waals surface area contributed by atoms with Gasteiger partial charge in [0, 0.05) is 23.9 Å². The molecule has 0 unspecified atom stereocenters. The minimum atomic E-state index is -0.657. The molecule has 0 saturated heterocycles. The number of hydrogen-bond donors (Lipinski definition) is 3. The zero-order chi connectivity index (χ0) is 21.1. The largest absolute Gasteiger partial charge is 0.453 e. The zero-order valence-corrected chi connectivity index (χ0v) is 18.1. The van der Waals surface area contributed by atoms with Crippen LogP contribution < -0.4 is 15.8 Å². The van der Waals surface area contributed by atoms with Gasteiger partial charge in [0.05, 0.1) is 5.02 Å². The summed E-state index contributed by atoms with van der Waals surface area (Å²) in [6, 6.07) is 8.21. The van der Waals surface area contributed by atoms with E-state index in [-0.39, 0.29) is 28.6 Å². The Kier molecular flexibility index (Phi) is 6.44. The van der Waals surface area contributed by atoms with E-state index in [2.05, 4.69) is 31.2 Å². The number of imidazole rings is 1. The summed E-state index contributed by atoms with van der Waals surface area (Å²) in [6.45, 7) is 3.65. The molecule has 9 heteroatoms. The molecule has 3 aromatic rings. The van der Waals surface area contributed by atoms with Gasteiger partial charge in [-0.2, -0.15) is 0 Å². The molecule has 0 fully saturated rings. The van der Waals surface area contributed by atoms with E-state index in [1.54, 1.807) is 19.1 Å². The number of anilines is 1. The van der Waals surface area contributed by atoms with Crippen LogP contribution in [-0.2, 0) is 13.0 Å². The Bertz CT molecular complexity index is 1070. The molecule has 0 atom stereocenters. The van der Waals surface area contributed by atoms with Gasteiger partial charge in [-0.15, -0.1) is 0 Å². The van der Waals surface area contributed by atoms with E-state index in [0.29, 0.717) is 21.9 Å². The normalized spacial score (nSPS) is 10.8. The molecule has 0 bridgehead atoms. The number of aryl methyl sites for hydroxylation is 2. The summed E-state index contributed by atoms with van der Waals surface area (Å²) in [4.78, 5) is 19.3. The molecule has 0 spiro atoms. The highest BCUT2D eigenvalue weighted by Crippen LogP contribution is 2.35. The highest BCUT2D eigenvalue weighted by Gasteiger charge is 2.18. The Morgan fingerprint density at radius 3 is 2.79 bits per heavy atom. The molecule has 152 valence electrons. The summed E-state index contributed by atoms with van der Waals surface area (Å²) in [5.74, 6) is -0.247. The van der Waals surface area contributed by atoms with Crippen LogP contribution in [0.25, 0.3) is 0 Å². The Morgan fingerprint density at radius 2 is 2.14 bits per heavy atom. The number of nitrogens with zero attached hydrogens (tertiary/aromatic N) is 1. The van der Waals surface area contributed by atoms with Crippen molar-refractivity contribution in [1.82, 2.24) is 15.3 Å².